The van der Waals surface area contributed by atoms with E-state index in [0.29, 0.717) is 6.04 Å². The fourth-order valence-corrected chi connectivity index (χ4v) is 4.43. The van der Waals surface area contributed by atoms with Crippen molar-refractivity contribution in [2.45, 2.75) is 90.3 Å². The minimum Gasteiger partial charge on any atom is -0.327 e. The fraction of sp³-hybridized carbons (Fsp3) is 1.00. The van der Waals surface area contributed by atoms with E-state index in [4.69, 9.17) is 5.73 Å². The van der Waals surface area contributed by atoms with Crippen LogP contribution in [-0.4, -0.2) is 29.6 Å². The molecule has 1 saturated heterocycles. The molecule has 2 nitrogen and oxygen atoms in total. The highest BCUT2D eigenvalue weighted by Crippen LogP contribution is 2.34. The number of hydrogen-bond acceptors (Lipinski definition) is 2. The summed E-state index contributed by atoms with van der Waals surface area (Å²) < 4.78 is 0. The molecule has 2 fully saturated rings. The van der Waals surface area contributed by atoms with Gasteiger partial charge in [-0.15, -0.1) is 0 Å². The summed E-state index contributed by atoms with van der Waals surface area (Å²) in [6.07, 6.45) is 10.9. The summed E-state index contributed by atoms with van der Waals surface area (Å²) in [6, 6.07) is 2.07. The Morgan fingerprint density at radius 3 is 2.58 bits per heavy atom. The lowest BCUT2D eigenvalue weighted by molar-refractivity contribution is 0.118. The predicted octanol–water partition coefficient (Wildman–Crippen LogP) is 3.79. The van der Waals surface area contributed by atoms with Gasteiger partial charge in [0.05, 0.1) is 0 Å². The summed E-state index contributed by atoms with van der Waals surface area (Å²) in [7, 11) is 0. The first-order valence-electron chi connectivity index (χ1n) is 8.67. The molecule has 2 heteroatoms. The monoisotopic (exact) mass is 266 g/mol. The molecule has 0 aromatic heterocycles. The van der Waals surface area contributed by atoms with E-state index in [9.17, 15) is 0 Å². The van der Waals surface area contributed by atoms with E-state index >= 15 is 0 Å². The van der Waals surface area contributed by atoms with Crippen molar-refractivity contribution in [3.63, 3.8) is 0 Å². The largest absolute Gasteiger partial charge is 0.327 e. The maximum absolute atomic E-state index is 6.42. The minimum absolute atomic E-state index is 0.457. The van der Waals surface area contributed by atoms with Crippen molar-refractivity contribution in [3.8, 4) is 0 Å². The lowest BCUT2D eigenvalue weighted by Crippen LogP contribution is -2.46. The normalized spacial score (nSPS) is 40.7. The Kier molecular flexibility index (Phi) is 5.70. The second kappa shape index (κ2) is 7.08. The smallest absolute Gasteiger partial charge is 0.00961 e. The Labute approximate surface area is 120 Å². The van der Waals surface area contributed by atoms with Crippen molar-refractivity contribution >= 4 is 0 Å². The Morgan fingerprint density at radius 2 is 1.89 bits per heavy atom. The number of nitrogens with zero attached hydrogens (tertiary/aromatic N) is 1. The maximum atomic E-state index is 6.42. The predicted molar refractivity (Wildman–Crippen MR) is 83.2 cm³/mol. The average molecular weight is 266 g/mol. The van der Waals surface area contributed by atoms with Crippen LogP contribution >= 0.6 is 0 Å². The molecule has 0 spiro atoms. The summed E-state index contributed by atoms with van der Waals surface area (Å²) in [5.74, 6) is 1.70. The fourth-order valence-electron chi connectivity index (χ4n) is 4.43. The zero-order chi connectivity index (χ0) is 13.8. The van der Waals surface area contributed by atoms with Gasteiger partial charge in [-0.2, -0.15) is 0 Å². The van der Waals surface area contributed by atoms with Crippen LogP contribution in [0.3, 0.4) is 0 Å². The molecule has 2 aliphatic rings. The van der Waals surface area contributed by atoms with Crippen LogP contribution in [0.5, 0.6) is 0 Å². The molecule has 5 unspecified atom stereocenters. The van der Waals surface area contributed by atoms with Gasteiger partial charge in [0.1, 0.15) is 0 Å². The summed E-state index contributed by atoms with van der Waals surface area (Å²) >= 11 is 0. The molecular formula is C17H34N2. The highest BCUT2D eigenvalue weighted by molar-refractivity contribution is 4.90. The van der Waals surface area contributed by atoms with Crippen molar-refractivity contribution in [1.82, 2.24) is 4.90 Å². The third kappa shape index (κ3) is 3.72. The number of rotatable bonds is 5. The van der Waals surface area contributed by atoms with Gasteiger partial charge >= 0.3 is 0 Å². The van der Waals surface area contributed by atoms with Gasteiger partial charge in [0.25, 0.3) is 0 Å². The third-order valence-corrected chi connectivity index (χ3v) is 5.72. The third-order valence-electron chi connectivity index (χ3n) is 5.72. The van der Waals surface area contributed by atoms with Crippen LogP contribution in [-0.2, 0) is 0 Å². The van der Waals surface area contributed by atoms with E-state index in [1.165, 1.54) is 57.9 Å². The quantitative estimate of drug-likeness (QED) is 0.820. The Morgan fingerprint density at radius 1 is 1.11 bits per heavy atom. The molecule has 19 heavy (non-hydrogen) atoms. The van der Waals surface area contributed by atoms with E-state index in [2.05, 4.69) is 25.7 Å². The van der Waals surface area contributed by atoms with Crippen LogP contribution in [0.2, 0.25) is 0 Å². The van der Waals surface area contributed by atoms with Crippen molar-refractivity contribution < 1.29 is 0 Å². The molecule has 1 saturated carbocycles. The van der Waals surface area contributed by atoms with Crippen molar-refractivity contribution in [3.05, 3.63) is 0 Å². The molecule has 5 atom stereocenters. The second-order valence-electron chi connectivity index (χ2n) is 7.08. The van der Waals surface area contributed by atoms with Gasteiger partial charge in [-0.1, -0.05) is 26.7 Å². The second-order valence-corrected chi connectivity index (χ2v) is 7.08. The van der Waals surface area contributed by atoms with E-state index in [-0.39, 0.29) is 0 Å². The van der Waals surface area contributed by atoms with Crippen LogP contribution < -0.4 is 5.73 Å². The standard InChI is InChI=1S/C17H34N2/c1-4-6-14-8-10-17(18)15(11-14)12-19-13(3)7-9-16(19)5-2/h13-17H,4-12,18H2,1-3H3. The maximum Gasteiger partial charge on any atom is 0.00961 e. The molecule has 0 amide bonds. The highest BCUT2D eigenvalue weighted by Gasteiger charge is 2.35. The van der Waals surface area contributed by atoms with Gasteiger partial charge in [-0.3, -0.25) is 4.90 Å². The van der Waals surface area contributed by atoms with Crippen molar-refractivity contribution in [2.75, 3.05) is 6.54 Å². The lowest BCUT2D eigenvalue weighted by Gasteiger charge is -2.39. The Hall–Kier alpha value is -0.0800. The molecule has 2 rings (SSSR count). The lowest BCUT2D eigenvalue weighted by atomic mass is 9.76. The molecule has 2 N–H and O–H groups in total. The van der Waals surface area contributed by atoms with Gasteiger partial charge in [-0.25, -0.2) is 0 Å². The molecule has 1 heterocycles. The van der Waals surface area contributed by atoms with E-state index in [0.717, 1.165) is 23.9 Å². The summed E-state index contributed by atoms with van der Waals surface area (Å²) in [4.78, 5) is 2.78. The molecule has 0 radical (unpaired) electrons. The zero-order valence-corrected chi connectivity index (χ0v) is 13.3. The molecule has 1 aliphatic carbocycles. The van der Waals surface area contributed by atoms with Crippen LogP contribution in [0.1, 0.15) is 72.1 Å². The van der Waals surface area contributed by atoms with Crippen LogP contribution in [0.4, 0.5) is 0 Å². The van der Waals surface area contributed by atoms with Gasteiger partial charge in [0, 0.05) is 24.7 Å². The van der Waals surface area contributed by atoms with Crippen molar-refractivity contribution in [2.24, 2.45) is 17.6 Å². The number of nitrogens with two attached hydrogens (primary N) is 1. The van der Waals surface area contributed by atoms with Crippen LogP contribution in [0, 0.1) is 11.8 Å². The first kappa shape index (κ1) is 15.3. The van der Waals surface area contributed by atoms with E-state index in [1.54, 1.807) is 0 Å². The van der Waals surface area contributed by atoms with E-state index < -0.39 is 0 Å². The first-order valence-corrected chi connectivity index (χ1v) is 8.67. The van der Waals surface area contributed by atoms with Crippen molar-refractivity contribution in [1.29, 1.82) is 0 Å². The SMILES string of the molecule is CCCC1CCC(N)C(CN2C(C)CCC2CC)C1. The van der Waals surface area contributed by atoms with Gasteiger partial charge < -0.3 is 5.73 Å². The van der Waals surface area contributed by atoms with Crippen LogP contribution in [0.15, 0.2) is 0 Å². The molecule has 0 aromatic carbocycles. The zero-order valence-electron chi connectivity index (χ0n) is 13.3. The molecule has 112 valence electrons. The van der Waals surface area contributed by atoms with Crippen LogP contribution in [0.25, 0.3) is 0 Å². The summed E-state index contributed by atoms with van der Waals surface area (Å²) in [5, 5.41) is 0. The van der Waals surface area contributed by atoms with Gasteiger partial charge in [-0.05, 0) is 57.3 Å². The molecular weight excluding hydrogens is 232 g/mol. The molecule has 0 bridgehead atoms. The first-order chi connectivity index (χ1) is 9.15. The van der Waals surface area contributed by atoms with E-state index in [1.807, 2.05) is 0 Å². The molecule has 1 aliphatic heterocycles. The summed E-state index contributed by atoms with van der Waals surface area (Å²) in [5.41, 5.74) is 6.42. The minimum atomic E-state index is 0.457. The Bertz CT molecular complexity index is 266. The molecule has 0 aromatic rings. The van der Waals surface area contributed by atoms with Gasteiger partial charge in [0.2, 0.25) is 0 Å². The van der Waals surface area contributed by atoms with Gasteiger partial charge in [0.15, 0.2) is 0 Å². The number of likely N-dealkylation sites (tertiary alicyclic amines) is 1. The number of hydrogen-bond donors (Lipinski definition) is 1. The average Bonchev–Trinajstić information content (AvgIpc) is 2.75. The Balaban J connectivity index is 1.92. The highest BCUT2D eigenvalue weighted by atomic mass is 15.2. The topological polar surface area (TPSA) is 29.3 Å². The summed E-state index contributed by atoms with van der Waals surface area (Å²) in [6.45, 7) is 8.34.